The third-order valence-corrected chi connectivity index (χ3v) is 7.36. The minimum absolute atomic E-state index is 0.0976. The van der Waals surface area contributed by atoms with Gasteiger partial charge in [-0.05, 0) is 61.8 Å². The van der Waals surface area contributed by atoms with Gasteiger partial charge in [0.1, 0.15) is 5.76 Å². The van der Waals surface area contributed by atoms with Gasteiger partial charge in [-0.1, -0.05) is 19.1 Å². The molecule has 2 heterocycles. The zero-order chi connectivity index (χ0) is 19.5. The van der Waals surface area contributed by atoms with Crippen LogP contribution in [0, 0.1) is 5.92 Å². The first-order valence-corrected chi connectivity index (χ1v) is 10.7. The SMILES string of the molecule is CCc1ccc(OC)c2c1[C@]13CCN(CC4CC4)[C@H](C)C1=CC=C(OC)[C@@H]3O2. The highest BCUT2D eigenvalue weighted by Gasteiger charge is 2.59. The summed E-state index contributed by atoms with van der Waals surface area (Å²) in [6.07, 6.45) is 9.19. The Balaban J connectivity index is 1.67. The Labute approximate surface area is 168 Å². The van der Waals surface area contributed by atoms with E-state index in [1.54, 1.807) is 14.2 Å². The van der Waals surface area contributed by atoms with Crippen molar-refractivity contribution in [2.24, 2.45) is 5.92 Å². The minimum atomic E-state index is -0.144. The Kier molecular flexibility index (Phi) is 4.24. The van der Waals surface area contributed by atoms with Gasteiger partial charge in [-0.25, -0.2) is 0 Å². The molecule has 0 aromatic heterocycles. The highest BCUT2D eigenvalue weighted by molar-refractivity contribution is 5.65. The van der Waals surface area contributed by atoms with Gasteiger partial charge in [-0.3, -0.25) is 4.90 Å². The molecule has 2 aliphatic heterocycles. The molecule has 3 atom stereocenters. The van der Waals surface area contributed by atoms with Gasteiger partial charge in [-0.15, -0.1) is 0 Å². The van der Waals surface area contributed by atoms with Gasteiger partial charge in [0.05, 0.1) is 19.6 Å². The summed E-state index contributed by atoms with van der Waals surface area (Å²) in [5.41, 5.74) is 4.04. The molecule has 5 rings (SSSR count). The average Bonchev–Trinajstić information content (AvgIpc) is 3.47. The van der Waals surface area contributed by atoms with Gasteiger partial charge in [0.15, 0.2) is 17.6 Å². The number of aryl methyl sites for hydroxylation is 1. The Hall–Kier alpha value is -1.94. The molecule has 2 aliphatic carbocycles. The quantitative estimate of drug-likeness (QED) is 0.764. The molecular weight excluding hydrogens is 350 g/mol. The van der Waals surface area contributed by atoms with E-state index in [0.717, 1.165) is 42.6 Å². The number of ether oxygens (including phenoxy) is 3. The maximum absolute atomic E-state index is 6.64. The van der Waals surface area contributed by atoms with E-state index >= 15 is 0 Å². The highest BCUT2D eigenvalue weighted by Crippen LogP contribution is 2.60. The molecule has 1 spiro atoms. The van der Waals surface area contributed by atoms with E-state index < -0.39 is 0 Å². The number of likely N-dealkylation sites (tertiary alicyclic amines) is 1. The molecule has 150 valence electrons. The molecule has 0 N–H and O–H groups in total. The van der Waals surface area contributed by atoms with Crippen LogP contribution in [0.5, 0.6) is 11.5 Å². The van der Waals surface area contributed by atoms with Crippen LogP contribution in [-0.2, 0) is 16.6 Å². The van der Waals surface area contributed by atoms with E-state index in [4.69, 9.17) is 14.2 Å². The Bertz CT molecular complexity index is 854. The first-order chi connectivity index (χ1) is 13.6. The van der Waals surface area contributed by atoms with Gasteiger partial charge in [0.25, 0.3) is 0 Å². The summed E-state index contributed by atoms with van der Waals surface area (Å²) in [5, 5.41) is 0. The van der Waals surface area contributed by atoms with E-state index in [9.17, 15) is 0 Å². The maximum Gasteiger partial charge on any atom is 0.169 e. The van der Waals surface area contributed by atoms with Gasteiger partial charge in [-0.2, -0.15) is 0 Å². The number of hydrogen-bond donors (Lipinski definition) is 0. The Morgan fingerprint density at radius 2 is 2.00 bits per heavy atom. The zero-order valence-electron chi connectivity index (χ0n) is 17.5. The molecule has 1 saturated heterocycles. The molecule has 0 unspecified atom stereocenters. The van der Waals surface area contributed by atoms with Crippen LogP contribution < -0.4 is 9.47 Å². The fourth-order valence-corrected chi connectivity index (χ4v) is 5.70. The van der Waals surface area contributed by atoms with Crippen LogP contribution in [-0.4, -0.2) is 44.4 Å². The summed E-state index contributed by atoms with van der Waals surface area (Å²) >= 11 is 0. The van der Waals surface area contributed by atoms with Crippen LogP contribution in [0.1, 0.15) is 44.2 Å². The second-order valence-electron chi connectivity index (χ2n) is 8.71. The minimum Gasteiger partial charge on any atom is -0.497 e. The topological polar surface area (TPSA) is 30.9 Å². The fraction of sp³-hybridized carbons (Fsp3) is 0.583. The van der Waals surface area contributed by atoms with Gasteiger partial charge in [0, 0.05) is 24.7 Å². The molecule has 4 aliphatic rings. The fourth-order valence-electron chi connectivity index (χ4n) is 5.70. The summed E-state index contributed by atoms with van der Waals surface area (Å²) in [7, 11) is 3.49. The van der Waals surface area contributed by atoms with Crippen molar-refractivity contribution in [2.75, 3.05) is 27.3 Å². The summed E-state index contributed by atoms with van der Waals surface area (Å²) in [5.74, 6) is 3.58. The van der Waals surface area contributed by atoms with Crippen molar-refractivity contribution in [3.05, 3.63) is 46.7 Å². The van der Waals surface area contributed by atoms with E-state index in [0.29, 0.717) is 6.04 Å². The zero-order valence-corrected chi connectivity index (χ0v) is 17.5. The van der Waals surface area contributed by atoms with Crippen molar-refractivity contribution in [2.45, 2.75) is 57.1 Å². The highest BCUT2D eigenvalue weighted by atomic mass is 16.6. The first-order valence-electron chi connectivity index (χ1n) is 10.7. The van der Waals surface area contributed by atoms with E-state index in [-0.39, 0.29) is 11.5 Å². The lowest BCUT2D eigenvalue weighted by Gasteiger charge is -2.50. The predicted octanol–water partition coefficient (Wildman–Crippen LogP) is 4.23. The number of rotatable bonds is 5. The smallest absolute Gasteiger partial charge is 0.169 e. The van der Waals surface area contributed by atoms with Crippen LogP contribution in [0.4, 0.5) is 0 Å². The van der Waals surface area contributed by atoms with Crippen molar-refractivity contribution < 1.29 is 14.2 Å². The molecule has 28 heavy (non-hydrogen) atoms. The van der Waals surface area contributed by atoms with Gasteiger partial charge < -0.3 is 14.2 Å². The Morgan fingerprint density at radius 3 is 2.68 bits per heavy atom. The van der Waals surface area contributed by atoms with Crippen molar-refractivity contribution in [1.82, 2.24) is 4.90 Å². The van der Waals surface area contributed by atoms with Crippen molar-refractivity contribution in [3.63, 3.8) is 0 Å². The number of hydrogen-bond acceptors (Lipinski definition) is 4. The Morgan fingerprint density at radius 1 is 1.18 bits per heavy atom. The summed E-state index contributed by atoms with van der Waals surface area (Å²) in [4.78, 5) is 2.68. The molecule has 4 nitrogen and oxygen atoms in total. The van der Waals surface area contributed by atoms with E-state index in [2.05, 4.69) is 43.0 Å². The standard InChI is InChI=1S/C24H31NO3/c1-5-17-8-10-19(26-3)22-21(17)24-12-13-25(14-16-6-7-16)15(2)18(24)9-11-20(27-4)23(24)28-22/h8-11,15-16,23H,5-7,12-14H2,1-4H3/t15-,23+,24+/m1/s1. The molecule has 1 saturated carbocycles. The van der Waals surface area contributed by atoms with Crippen LogP contribution in [0.2, 0.25) is 0 Å². The van der Waals surface area contributed by atoms with Crippen LogP contribution in [0.15, 0.2) is 35.6 Å². The van der Waals surface area contributed by atoms with E-state index in [1.165, 1.54) is 36.1 Å². The van der Waals surface area contributed by atoms with Gasteiger partial charge in [0.2, 0.25) is 0 Å². The number of fused-ring (bicyclic) bond motifs is 1. The third-order valence-electron chi connectivity index (χ3n) is 7.36. The molecule has 2 fully saturated rings. The number of methoxy groups -OCH3 is 2. The number of piperidine rings is 1. The van der Waals surface area contributed by atoms with Gasteiger partial charge >= 0.3 is 0 Å². The second kappa shape index (κ2) is 6.55. The van der Waals surface area contributed by atoms with Crippen molar-refractivity contribution >= 4 is 0 Å². The summed E-state index contributed by atoms with van der Waals surface area (Å²) in [6.45, 7) is 6.94. The third kappa shape index (κ3) is 2.40. The molecule has 0 radical (unpaired) electrons. The molecule has 1 aromatic carbocycles. The average molecular weight is 382 g/mol. The lowest BCUT2D eigenvalue weighted by Crippen LogP contribution is -2.56. The van der Waals surface area contributed by atoms with E-state index in [1.807, 2.05) is 0 Å². The van der Waals surface area contributed by atoms with Crippen LogP contribution >= 0.6 is 0 Å². The van der Waals surface area contributed by atoms with Crippen LogP contribution in [0.3, 0.4) is 0 Å². The number of benzene rings is 1. The number of nitrogens with zero attached hydrogens (tertiary/aromatic N) is 1. The lowest BCUT2D eigenvalue weighted by molar-refractivity contribution is 0.0710. The molecular formula is C24H31NO3. The summed E-state index contributed by atoms with van der Waals surface area (Å²) < 4.78 is 18.1. The second-order valence-corrected chi connectivity index (χ2v) is 8.71. The van der Waals surface area contributed by atoms with Crippen molar-refractivity contribution in [1.29, 1.82) is 0 Å². The molecule has 0 amide bonds. The molecule has 1 aromatic rings. The lowest BCUT2D eigenvalue weighted by atomic mass is 9.61. The normalized spacial score (nSPS) is 31.1. The molecule has 0 bridgehead atoms. The first kappa shape index (κ1) is 18.1. The molecule has 4 heteroatoms. The number of allylic oxidation sites excluding steroid dienone is 2. The van der Waals surface area contributed by atoms with Crippen molar-refractivity contribution in [3.8, 4) is 11.5 Å². The van der Waals surface area contributed by atoms with Crippen LogP contribution in [0.25, 0.3) is 0 Å². The monoisotopic (exact) mass is 381 g/mol. The summed E-state index contributed by atoms with van der Waals surface area (Å²) in [6, 6.07) is 4.69. The predicted molar refractivity (Wildman–Crippen MR) is 110 cm³/mol. The largest absolute Gasteiger partial charge is 0.497 e. The maximum atomic E-state index is 6.64.